The van der Waals surface area contributed by atoms with Gasteiger partial charge in [0.25, 0.3) is 5.91 Å². The summed E-state index contributed by atoms with van der Waals surface area (Å²) in [5.41, 5.74) is 6.51. The summed E-state index contributed by atoms with van der Waals surface area (Å²) in [6.07, 6.45) is 0. The number of carbonyl (C=O) groups excluding carboxylic acids is 1. The highest BCUT2D eigenvalue weighted by Crippen LogP contribution is 2.37. The van der Waals surface area contributed by atoms with Crippen LogP contribution >= 0.6 is 22.9 Å². The number of halogens is 1. The number of rotatable bonds is 4. The van der Waals surface area contributed by atoms with Crippen LogP contribution in [0, 0.1) is 0 Å². The maximum Gasteiger partial charge on any atom is 0.269 e. The zero-order valence-electron chi connectivity index (χ0n) is 13.7. The molecule has 1 amide bonds. The van der Waals surface area contributed by atoms with Gasteiger partial charge in [0.05, 0.1) is 16.8 Å². The lowest BCUT2D eigenvalue weighted by Crippen LogP contribution is -2.29. The maximum atomic E-state index is 12.4. The van der Waals surface area contributed by atoms with Crippen molar-refractivity contribution >= 4 is 44.2 Å². The summed E-state index contributed by atoms with van der Waals surface area (Å²) in [5.74, 6) is 1.49. The Labute approximate surface area is 157 Å². The van der Waals surface area contributed by atoms with E-state index in [-0.39, 0.29) is 5.91 Å². The van der Waals surface area contributed by atoms with E-state index in [0.717, 1.165) is 4.70 Å². The molecule has 1 aliphatic rings. The van der Waals surface area contributed by atoms with Gasteiger partial charge in [0.1, 0.15) is 24.5 Å². The molecule has 0 saturated carbocycles. The molecule has 0 aliphatic carbocycles. The Morgan fingerprint density at radius 2 is 2.04 bits per heavy atom. The topological polar surface area (TPSA) is 81.7 Å². The van der Waals surface area contributed by atoms with Gasteiger partial charge in [-0.2, -0.15) is 0 Å². The van der Waals surface area contributed by atoms with Gasteiger partial charge >= 0.3 is 0 Å². The highest BCUT2D eigenvalue weighted by molar-refractivity contribution is 7.22. The Balaban J connectivity index is 1.51. The summed E-state index contributed by atoms with van der Waals surface area (Å²) in [4.78, 5) is 16.8. The molecule has 26 heavy (non-hydrogen) atoms. The van der Waals surface area contributed by atoms with Crippen LogP contribution in [0.2, 0.25) is 5.02 Å². The highest BCUT2D eigenvalue weighted by atomic mass is 35.5. The third kappa shape index (κ3) is 3.09. The predicted octanol–water partition coefficient (Wildman–Crippen LogP) is 3.49. The van der Waals surface area contributed by atoms with E-state index in [1.807, 2.05) is 0 Å². The zero-order chi connectivity index (χ0) is 18.1. The van der Waals surface area contributed by atoms with Crippen LogP contribution in [0.25, 0.3) is 10.2 Å². The lowest BCUT2D eigenvalue weighted by atomic mass is 10.2. The summed E-state index contributed by atoms with van der Waals surface area (Å²) >= 11 is 7.52. The van der Waals surface area contributed by atoms with Crippen LogP contribution in [0.5, 0.6) is 17.2 Å². The average molecular weight is 392 g/mol. The van der Waals surface area contributed by atoms with E-state index in [4.69, 9.17) is 25.8 Å². The zero-order valence-corrected chi connectivity index (χ0v) is 15.2. The molecule has 4 rings (SSSR count). The van der Waals surface area contributed by atoms with E-state index in [0.29, 0.717) is 51.7 Å². The molecular formula is C17H14ClN3O4S. The Bertz CT molecular complexity index is 992. The molecule has 134 valence electrons. The third-order valence-corrected chi connectivity index (χ3v) is 5.20. The normalized spacial score (nSPS) is 12.7. The molecule has 3 aromatic rings. The van der Waals surface area contributed by atoms with Gasteiger partial charge in [0, 0.05) is 5.56 Å². The van der Waals surface area contributed by atoms with Crippen molar-refractivity contribution in [3.05, 3.63) is 40.9 Å². The molecule has 1 aromatic heterocycles. The fourth-order valence-corrected chi connectivity index (χ4v) is 3.65. The summed E-state index contributed by atoms with van der Waals surface area (Å²) in [7, 11) is 1.57. The number of fused-ring (bicyclic) bond motifs is 2. The summed E-state index contributed by atoms with van der Waals surface area (Å²) in [5, 5.41) is 1.07. The molecule has 0 atom stereocenters. The van der Waals surface area contributed by atoms with Gasteiger partial charge in [0.2, 0.25) is 5.13 Å². The van der Waals surface area contributed by atoms with Crippen LogP contribution in [-0.4, -0.2) is 31.2 Å². The SMILES string of the molecule is COc1ccc(Cl)c2sc(NNC(=O)c3ccc4c(c3)OCCO4)nc12. The Morgan fingerprint density at radius 1 is 1.23 bits per heavy atom. The van der Waals surface area contributed by atoms with E-state index in [1.165, 1.54) is 11.3 Å². The number of nitrogens with zero attached hydrogens (tertiary/aromatic N) is 1. The lowest BCUT2D eigenvalue weighted by Gasteiger charge is -2.18. The number of hydrogen-bond donors (Lipinski definition) is 2. The van der Waals surface area contributed by atoms with E-state index in [9.17, 15) is 4.79 Å². The maximum absolute atomic E-state index is 12.4. The van der Waals surface area contributed by atoms with Crippen molar-refractivity contribution in [2.75, 3.05) is 25.7 Å². The molecule has 0 unspecified atom stereocenters. The van der Waals surface area contributed by atoms with Crippen LogP contribution < -0.4 is 25.1 Å². The molecule has 2 heterocycles. The number of hydrogen-bond acceptors (Lipinski definition) is 7. The monoisotopic (exact) mass is 391 g/mol. The molecule has 2 N–H and O–H groups in total. The van der Waals surface area contributed by atoms with Gasteiger partial charge in [-0.25, -0.2) is 4.98 Å². The summed E-state index contributed by atoms with van der Waals surface area (Å²) in [6, 6.07) is 8.53. The van der Waals surface area contributed by atoms with Crippen molar-refractivity contribution < 1.29 is 19.0 Å². The second kappa shape index (κ2) is 6.89. The van der Waals surface area contributed by atoms with E-state index < -0.39 is 0 Å². The molecule has 9 heteroatoms. The minimum atomic E-state index is -0.320. The standard InChI is InChI=1S/C17H14ClN3O4S/c1-23-12-5-3-10(18)15-14(12)19-17(26-15)21-20-16(22)9-2-4-11-13(8-9)25-7-6-24-11/h2-5,8H,6-7H2,1H3,(H,19,21)(H,20,22). The molecule has 0 bridgehead atoms. The lowest BCUT2D eigenvalue weighted by molar-refractivity contribution is 0.0961. The Hall–Kier alpha value is -2.71. The van der Waals surface area contributed by atoms with Crippen LogP contribution in [0.1, 0.15) is 10.4 Å². The molecule has 0 fully saturated rings. The van der Waals surface area contributed by atoms with Crippen molar-refractivity contribution in [1.29, 1.82) is 0 Å². The largest absolute Gasteiger partial charge is 0.494 e. The number of thiazole rings is 1. The molecule has 0 radical (unpaired) electrons. The fourth-order valence-electron chi connectivity index (χ4n) is 2.54. The quantitative estimate of drug-likeness (QED) is 0.662. The number of aromatic nitrogens is 1. The minimum absolute atomic E-state index is 0.320. The van der Waals surface area contributed by atoms with Gasteiger partial charge in [0.15, 0.2) is 11.5 Å². The first-order valence-corrected chi connectivity index (χ1v) is 8.94. The number of methoxy groups -OCH3 is 1. The van der Waals surface area contributed by atoms with E-state index >= 15 is 0 Å². The molecule has 0 saturated heterocycles. The molecule has 1 aliphatic heterocycles. The molecule has 7 nitrogen and oxygen atoms in total. The molecule has 2 aromatic carbocycles. The summed E-state index contributed by atoms with van der Waals surface area (Å²) in [6.45, 7) is 0.967. The van der Waals surface area contributed by atoms with Crippen LogP contribution in [0.3, 0.4) is 0 Å². The minimum Gasteiger partial charge on any atom is -0.494 e. The first-order chi connectivity index (χ1) is 12.7. The number of anilines is 1. The van der Waals surface area contributed by atoms with Crippen LogP contribution in [-0.2, 0) is 0 Å². The van der Waals surface area contributed by atoms with Gasteiger partial charge in [-0.1, -0.05) is 22.9 Å². The molecular weight excluding hydrogens is 378 g/mol. The fraction of sp³-hybridized carbons (Fsp3) is 0.176. The number of hydrazine groups is 1. The van der Waals surface area contributed by atoms with E-state index in [2.05, 4.69) is 15.8 Å². The van der Waals surface area contributed by atoms with E-state index in [1.54, 1.807) is 37.4 Å². The number of nitrogens with one attached hydrogen (secondary N) is 2. The molecule has 0 spiro atoms. The van der Waals surface area contributed by atoms with Gasteiger partial charge in [-0.3, -0.25) is 15.6 Å². The van der Waals surface area contributed by atoms with Crippen LogP contribution in [0.15, 0.2) is 30.3 Å². The summed E-state index contributed by atoms with van der Waals surface area (Å²) < 4.78 is 17.0. The smallest absolute Gasteiger partial charge is 0.269 e. The van der Waals surface area contributed by atoms with Crippen molar-refractivity contribution in [3.63, 3.8) is 0 Å². The van der Waals surface area contributed by atoms with Crippen LogP contribution in [0.4, 0.5) is 5.13 Å². The second-order valence-electron chi connectivity index (χ2n) is 5.38. The number of ether oxygens (including phenoxy) is 3. The van der Waals surface area contributed by atoms with Crippen molar-refractivity contribution in [1.82, 2.24) is 10.4 Å². The average Bonchev–Trinajstić information content (AvgIpc) is 3.11. The Morgan fingerprint density at radius 3 is 2.85 bits per heavy atom. The number of benzene rings is 2. The number of amides is 1. The third-order valence-electron chi connectivity index (χ3n) is 3.77. The van der Waals surface area contributed by atoms with Gasteiger partial charge in [-0.05, 0) is 30.3 Å². The first-order valence-electron chi connectivity index (χ1n) is 7.75. The van der Waals surface area contributed by atoms with Crippen molar-refractivity contribution in [2.45, 2.75) is 0 Å². The predicted molar refractivity (Wildman–Crippen MR) is 99.7 cm³/mol. The first kappa shape index (κ1) is 16.7. The number of carbonyl (C=O) groups is 1. The second-order valence-corrected chi connectivity index (χ2v) is 6.79. The highest BCUT2D eigenvalue weighted by Gasteiger charge is 2.16. The van der Waals surface area contributed by atoms with Crippen molar-refractivity contribution in [2.24, 2.45) is 0 Å². The van der Waals surface area contributed by atoms with Crippen molar-refractivity contribution in [3.8, 4) is 17.2 Å². The van der Waals surface area contributed by atoms with Gasteiger partial charge in [-0.15, -0.1) is 0 Å². The van der Waals surface area contributed by atoms with Gasteiger partial charge < -0.3 is 14.2 Å². The Kier molecular flexibility index (Phi) is 4.44.